The zero-order chi connectivity index (χ0) is 14.8. The Hall–Kier alpha value is -2.40. The molecule has 0 unspecified atom stereocenters. The molecule has 0 saturated heterocycles. The van der Waals surface area contributed by atoms with Gasteiger partial charge < -0.3 is 10.1 Å². The molecular formula is C16H11BrN2O2. The summed E-state index contributed by atoms with van der Waals surface area (Å²) >= 11 is 3.33. The van der Waals surface area contributed by atoms with Gasteiger partial charge in [-0.05, 0) is 24.3 Å². The minimum absolute atomic E-state index is 0.00391. The Balaban J connectivity index is 2.07. The van der Waals surface area contributed by atoms with Crippen molar-refractivity contribution in [2.24, 2.45) is 0 Å². The second-order valence-electron chi connectivity index (χ2n) is 4.50. The zero-order valence-electron chi connectivity index (χ0n) is 10.9. The highest BCUT2D eigenvalue weighted by Crippen LogP contribution is 2.17. The van der Waals surface area contributed by atoms with Crippen LogP contribution in [0.4, 0.5) is 0 Å². The fraction of sp³-hybridized carbons (Fsp3) is 0. The highest BCUT2D eigenvalue weighted by atomic mass is 79.9. The van der Waals surface area contributed by atoms with Gasteiger partial charge in [-0.15, -0.1) is 0 Å². The summed E-state index contributed by atoms with van der Waals surface area (Å²) in [5.41, 5.74) is 1.80. The van der Waals surface area contributed by atoms with Crippen molar-refractivity contribution in [1.82, 2.24) is 9.97 Å². The van der Waals surface area contributed by atoms with E-state index in [-0.39, 0.29) is 17.0 Å². The van der Waals surface area contributed by atoms with Crippen molar-refractivity contribution in [2.75, 3.05) is 0 Å². The molecule has 5 heteroatoms. The lowest BCUT2D eigenvalue weighted by atomic mass is 10.1. The number of H-pyrrole nitrogens is 1. The lowest BCUT2D eigenvalue weighted by Crippen LogP contribution is -2.12. The number of fused-ring (bicyclic) bond motifs is 1. The van der Waals surface area contributed by atoms with Crippen LogP contribution in [0.2, 0.25) is 0 Å². The third-order valence-electron chi connectivity index (χ3n) is 3.04. The van der Waals surface area contributed by atoms with Gasteiger partial charge in [0.25, 0.3) is 5.56 Å². The van der Waals surface area contributed by atoms with E-state index < -0.39 is 0 Å². The van der Waals surface area contributed by atoms with E-state index in [1.807, 2.05) is 24.3 Å². The number of nitrogens with zero attached hydrogens (tertiary/aromatic N) is 1. The fourth-order valence-corrected chi connectivity index (χ4v) is 2.24. The van der Waals surface area contributed by atoms with Crippen molar-refractivity contribution in [3.63, 3.8) is 0 Å². The first kappa shape index (κ1) is 13.6. The molecule has 4 nitrogen and oxygen atoms in total. The minimum Gasteiger partial charge on any atom is -0.507 e. The van der Waals surface area contributed by atoms with Crippen LogP contribution in [0.5, 0.6) is 0 Å². The number of aliphatic hydroxyl groups is 1. The molecular weight excluding hydrogens is 332 g/mol. The van der Waals surface area contributed by atoms with Crippen LogP contribution in [0.1, 0.15) is 11.3 Å². The second kappa shape index (κ2) is 5.54. The summed E-state index contributed by atoms with van der Waals surface area (Å²) < 4.78 is 0.917. The number of benzene rings is 2. The number of rotatable bonds is 2. The average Bonchev–Trinajstić information content (AvgIpc) is 2.48. The first-order chi connectivity index (χ1) is 10.1. The van der Waals surface area contributed by atoms with Gasteiger partial charge in [0.15, 0.2) is 0 Å². The maximum absolute atomic E-state index is 12.0. The summed E-state index contributed by atoms with van der Waals surface area (Å²) in [5, 5.41) is 10.1. The Morgan fingerprint density at radius 3 is 2.62 bits per heavy atom. The molecule has 0 atom stereocenters. The highest BCUT2D eigenvalue weighted by molar-refractivity contribution is 9.10. The summed E-state index contributed by atoms with van der Waals surface area (Å²) in [4.78, 5) is 19.0. The number of hydrogen-bond acceptors (Lipinski definition) is 3. The number of hydrogen-bond donors (Lipinski definition) is 2. The van der Waals surface area contributed by atoms with Crippen molar-refractivity contribution in [3.8, 4) is 0 Å². The van der Waals surface area contributed by atoms with Crippen LogP contribution in [-0.2, 0) is 0 Å². The molecule has 0 fully saturated rings. The van der Waals surface area contributed by atoms with E-state index in [2.05, 4.69) is 25.9 Å². The number of halogens is 1. The molecule has 0 bridgehead atoms. The molecule has 104 valence electrons. The van der Waals surface area contributed by atoms with Gasteiger partial charge in [0.2, 0.25) is 0 Å². The molecule has 0 saturated carbocycles. The van der Waals surface area contributed by atoms with Gasteiger partial charge in [-0.25, -0.2) is 4.98 Å². The largest absolute Gasteiger partial charge is 0.507 e. The van der Waals surface area contributed by atoms with Crippen LogP contribution >= 0.6 is 15.9 Å². The molecule has 0 amide bonds. The first-order valence-corrected chi connectivity index (χ1v) is 7.08. The number of para-hydroxylation sites is 2. The standard InChI is InChI=1S/C16H11BrN2O2/c17-11-7-5-10(6-8-11)15(20)9-14-16(21)19-13-4-2-1-3-12(13)18-14/h1-9,20H,(H,19,21). The Morgan fingerprint density at radius 2 is 1.86 bits per heavy atom. The maximum Gasteiger partial charge on any atom is 0.274 e. The van der Waals surface area contributed by atoms with Gasteiger partial charge in [0.05, 0.1) is 11.0 Å². The zero-order valence-corrected chi connectivity index (χ0v) is 12.5. The van der Waals surface area contributed by atoms with Crippen LogP contribution in [0, 0.1) is 0 Å². The van der Waals surface area contributed by atoms with Gasteiger partial charge in [0.1, 0.15) is 11.5 Å². The summed E-state index contributed by atoms with van der Waals surface area (Å²) in [6.45, 7) is 0. The molecule has 0 radical (unpaired) electrons. The topological polar surface area (TPSA) is 66.0 Å². The Labute approximate surface area is 128 Å². The molecule has 2 N–H and O–H groups in total. The summed E-state index contributed by atoms with van der Waals surface area (Å²) in [6.07, 6.45) is 1.37. The van der Waals surface area contributed by atoms with Gasteiger partial charge in [-0.3, -0.25) is 4.79 Å². The quantitative estimate of drug-likeness (QED) is 0.697. The molecule has 0 aliphatic heterocycles. The molecule has 0 aliphatic rings. The van der Waals surface area contributed by atoms with Crippen molar-refractivity contribution < 1.29 is 5.11 Å². The van der Waals surface area contributed by atoms with Crippen molar-refractivity contribution >= 4 is 38.8 Å². The molecule has 1 aromatic heterocycles. The Bertz CT molecular complexity index is 883. The van der Waals surface area contributed by atoms with Crippen molar-refractivity contribution in [2.45, 2.75) is 0 Å². The Morgan fingerprint density at radius 1 is 1.14 bits per heavy atom. The minimum atomic E-state index is -0.336. The SMILES string of the molecule is O=c1[nH]c2ccccc2nc1C=C(O)c1ccc(Br)cc1. The van der Waals surface area contributed by atoms with Crippen molar-refractivity contribution in [3.05, 3.63) is 74.6 Å². The third-order valence-corrected chi connectivity index (χ3v) is 3.57. The fourth-order valence-electron chi connectivity index (χ4n) is 1.98. The third kappa shape index (κ3) is 2.87. The maximum atomic E-state index is 12.0. The van der Waals surface area contributed by atoms with E-state index in [1.165, 1.54) is 6.08 Å². The summed E-state index contributed by atoms with van der Waals surface area (Å²) in [7, 11) is 0. The molecule has 3 rings (SSSR count). The van der Waals surface area contributed by atoms with Crippen LogP contribution in [0.15, 0.2) is 57.8 Å². The number of aliphatic hydroxyl groups excluding tert-OH is 1. The molecule has 0 aliphatic carbocycles. The summed E-state index contributed by atoms with van der Waals surface area (Å²) in [5.74, 6) is -0.00391. The van der Waals surface area contributed by atoms with Crippen LogP contribution < -0.4 is 5.56 Å². The van der Waals surface area contributed by atoms with E-state index in [4.69, 9.17) is 0 Å². The van der Waals surface area contributed by atoms with Crippen molar-refractivity contribution in [1.29, 1.82) is 0 Å². The lowest BCUT2D eigenvalue weighted by Gasteiger charge is -2.02. The molecule has 3 aromatic rings. The van der Waals surface area contributed by atoms with Gasteiger partial charge in [0, 0.05) is 16.1 Å². The molecule has 0 spiro atoms. The molecule has 2 aromatic carbocycles. The van der Waals surface area contributed by atoms with E-state index >= 15 is 0 Å². The first-order valence-electron chi connectivity index (χ1n) is 6.29. The predicted molar refractivity (Wildman–Crippen MR) is 87.0 cm³/mol. The van der Waals surface area contributed by atoms with E-state index in [0.29, 0.717) is 16.6 Å². The highest BCUT2D eigenvalue weighted by Gasteiger charge is 2.05. The summed E-state index contributed by atoms with van der Waals surface area (Å²) in [6, 6.07) is 14.4. The van der Waals surface area contributed by atoms with E-state index in [1.54, 1.807) is 24.3 Å². The second-order valence-corrected chi connectivity index (χ2v) is 5.42. The van der Waals surface area contributed by atoms with Gasteiger partial charge in [-0.1, -0.05) is 40.2 Å². The lowest BCUT2D eigenvalue weighted by molar-refractivity contribution is 0.515. The molecule has 21 heavy (non-hydrogen) atoms. The van der Waals surface area contributed by atoms with Crippen LogP contribution in [-0.4, -0.2) is 15.1 Å². The average molecular weight is 343 g/mol. The smallest absolute Gasteiger partial charge is 0.274 e. The van der Waals surface area contributed by atoms with Gasteiger partial charge in [-0.2, -0.15) is 0 Å². The van der Waals surface area contributed by atoms with Crippen LogP contribution in [0.25, 0.3) is 22.9 Å². The predicted octanol–water partition coefficient (Wildman–Crippen LogP) is 3.74. The number of aromatic amines is 1. The monoisotopic (exact) mass is 342 g/mol. The van der Waals surface area contributed by atoms with Gasteiger partial charge >= 0.3 is 0 Å². The van der Waals surface area contributed by atoms with E-state index in [0.717, 1.165) is 4.47 Å². The van der Waals surface area contributed by atoms with Crippen LogP contribution in [0.3, 0.4) is 0 Å². The number of nitrogens with one attached hydrogen (secondary N) is 1. The van der Waals surface area contributed by atoms with E-state index in [9.17, 15) is 9.90 Å². The number of aromatic nitrogens is 2. The molecule has 1 heterocycles. The normalized spacial score (nSPS) is 11.8. The Kier molecular flexibility index (Phi) is 3.58.